The van der Waals surface area contributed by atoms with Crippen molar-refractivity contribution in [2.75, 3.05) is 13.2 Å². The van der Waals surface area contributed by atoms with E-state index in [4.69, 9.17) is 14.6 Å². The number of aromatic carboxylic acids is 1. The van der Waals surface area contributed by atoms with Crippen molar-refractivity contribution in [1.82, 2.24) is 0 Å². The lowest BCUT2D eigenvalue weighted by atomic mass is 10.00. The van der Waals surface area contributed by atoms with Gasteiger partial charge in [-0.05, 0) is 24.1 Å². The standard InChI is InChI=1S/C17H18O6/c1-3-15(18)22-10-13(11-23-16(19)4-2)9-12-5-7-14(8-6-12)17(20)21/h3-8,13H,1-2,9-11H2,(H,20,21). The molecule has 1 aromatic carbocycles. The number of carboxylic acids is 1. The van der Waals surface area contributed by atoms with Crippen LogP contribution in [0.25, 0.3) is 0 Å². The molecule has 1 N–H and O–H groups in total. The highest BCUT2D eigenvalue weighted by atomic mass is 16.5. The molecule has 0 unspecified atom stereocenters. The number of hydrogen-bond acceptors (Lipinski definition) is 5. The quantitative estimate of drug-likeness (QED) is 0.553. The molecule has 0 fully saturated rings. The zero-order valence-corrected chi connectivity index (χ0v) is 12.6. The molecule has 0 heterocycles. The van der Waals surface area contributed by atoms with Crippen molar-refractivity contribution in [3.63, 3.8) is 0 Å². The summed E-state index contributed by atoms with van der Waals surface area (Å²) >= 11 is 0. The number of esters is 2. The van der Waals surface area contributed by atoms with Crippen LogP contribution >= 0.6 is 0 Å². The number of rotatable bonds is 9. The first-order valence-corrected chi connectivity index (χ1v) is 6.87. The van der Waals surface area contributed by atoms with E-state index in [0.717, 1.165) is 17.7 Å². The van der Waals surface area contributed by atoms with Crippen LogP contribution in [0.1, 0.15) is 15.9 Å². The first-order valence-electron chi connectivity index (χ1n) is 6.87. The first-order chi connectivity index (χ1) is 11.0. The fraction of sp³-hybridized carbons (Fsp3) is 0.235. The molecule has 0 aliphatic carbocycles. The molecular formula is C17H18O6. The molecule has 0 atom stereocenters. The van der Waals surface area contributed by atoms with Gasteiger partial charge in [0.15, 0.2) is 0 Å². The van der Waals surface area contributed by atoms with E-state index < -0.39 is 17.9 Å². The van der Waals surface area contributed by atoms with Crippen molar-refractivity contribution in [3.05, 3.63) is 60.7 Å². The van der Waals surface area contributed by atoms with Gasteiger partial charge >= 0.3 is 17.9 Å². The van der Waals surface area contributed by atoms with Crippen LogP contribution in [0.5, 0.6) is 0 Å². The van der Waals surface area contributed by atoms with E-state index >= 15 is 0 Å². The van der Waals surface area contributed by atoms with E-state index in [9.17, 15) is 14.4 Å². The predicted molar refractivity (Wildman–Crippen MR) is 82.9 cm³/mol. The monoisotopic (exact) mass is 318 g/mol. The molecule has 1 rings (SSSR count). The van der Waals surface area contributed by atoms with Crippen molar-refractivity contribution in [2.45, 2.75) is 6.42 Å². The molecule has 0 radical (unpaired) electrons. The second kappa shape index (κ2) is 9.19. The minimum atomic E-state index is -1.01. The van der Waals surface area contributed by atoms with Crippen LogP contribution < -0.4 is 0 Å². The summed E-state index contributed by atoms with van der Waals surface area (Å²) in [5, 5.41) is 8.87. The highest BCUT2D eigenvalue weighted by Crippen LogP contribution is 2.12. The van der Waals surface area contributed by atoms with Gasteiger partial charge in [-0.2, -0.15) is 0 Å². The van der Waals surface area contributed by atoms with Gasteiger partial charge in [-0.25, -0.2) is 14.4 Å². The van der Waals surface area contributed by atoms with Gasteiger partial charge in [0.25, 0.3) is 0 Å². The Hall–Kier alpha value is -2.89. The second-order valence-corrected chi connectivity index (χ2v) is 4.74. The minimum absolute atomic E-state index is 0.0515. The van der Waals surface area contributed by atoms with Gasteiger partial charge in [-0.3, -0.25) is 0 Å². The number of hydrogen-bond donors (Lipinski definition) is 1. The van der Waals surface area contributed by atoms with Crippen molar-refractivity contribution in [2.24, 2.45) is 5.92 Å². The second-order valence-electron chi connectivity index (χ2n) is 4.74. The third-order valence-corrected chi connectivity index (χ3v) is 2.98. The van der Waals surface area contributed by atoms with Crippen LogP contribution in [0.3, 0.4) is 0 Å². The molecule has 0 amide bonds. The Morgan fingerprint density at radius 1 is 1.00 bits per heavy atom. The molecule has 23 heavy (non-hydrogen) atoms. The molecule has 6 nitrogen and oxygen atoms in total. The van der Waals surface area contributed by atoms with Gasteiger partial charge in [0.2, 0.25) is 0 Å². The lowest BCUT2D eigenvalue weighted by Crippen LogP contribution is -2.22. The normalized spacial score (nSPS) is 9.96. The maximum atomic E-state index is 11.2. The van der Waals surface area contributed by atoms with Gasteiger partial charge in [0.05, 0.1) is 18.8 Å². The smallest absolute Gasteiger partial charge is 0.335 e. The maximum Gasteiger partial charge on any atom is 0.335 e. The number of ether oxygens (including phenoxy) is 2. The lowest BCUT2D eigenvalue weighted by Gasteiger charge is -2.16. The van der Waals surface area contributed by atoms with Crippen molar-refractivity contribution in [3.8, 4) is 0 Å². The Bertz CT molecular complexity index is 564. The van der Waals surface area contributed by atoms with E-state index in [1.54, 1.807) is 12.1 Å². The molecule has 0 bridgehead atoms. The summed E-state index contributed by atoms with van der Waals surface area (Å²) in [6, 6.07) is 6.31. The maximum absolute atomic E-state index is 11.2. The Morgan fingerprint density at radius 3 is 1.87 bits per heavy atom. The topological polar surface area (TPSA) is 89.9 Å². The van der Waals surface area contributed by atoms with E-state index in [0.29, 0.717) is 6.42 Å². The van der Waals surface area contributed by atoms with E-state index in [1.807, 2.05) is 0 Å². The number of carboxylic acid groups (broad SMARTS) is 1. The SMILES string of the molecule is C=CC(=O)OCC(COC(=O)C=C)Cc1ccc(C(=O)O)cc1. The van der Waals surface area contributed by atoms with Crippen LogP contribution in [0.2, 0.25) is 0 Å². The van der Waals surface area contributed by atoms with E-state index in [-0.39, 0.29) is 24.7 Å². The molecule has 1 aromatic rings. The van der Waals surface area contributed by atoms with Crippen LogP contribution in [0.15, 0.2) is 49.6 Å². The molecule has 0 spiro atoms. The predicted octanol–water partition coefficient (Wildman–Crippen LogP) is 2.00. The summed E-state index contributed by atoms with van der Waals surface area (Å²) in [6.07, 6.45) is 2.55. The largest absolute Gasteiger partial charge is 0.478 e. The zero-order valence-electron chi connectivity index (χ0n) is 12.6. The number of carbonyl (C=O) groups excluding carboxylic acids is 2. The summed E-state index contributed by atoms with van der Waals surface area (Å²) in [4.78, 5) is 33.1. The van der Waals surface area contributed by atoms with Gasteiger partial charge < -0.3 is 14.6 Å². The van der Waals surface area contributed by atoms with Gasteiger partial charge in [-0.15, -0.1) is 0 Å². The molecule has 0 aromatic heterocycles. The summed E-state index contributed by atoms with van der Waals surface area (Å²) in [5.41, 5.74) is 1.02. The summed E-state index contributed by atoms with van der Waals surface area (Å²) in [7, 11) is 0. The van der Waals surface area contributed by atoms with E-state index in [1.165, 1.54) is 12.1 Å². The van der Waals surface area contributed by atoms with Crippen LogP contribution in [0, 0.1) is 5.92 Å². The molecule has 0 aliphatic rings. The van der Waals surface area contributed by atoms with Crippen molar-refractivity contribution < 1.29 is 29.0 Å². The molecule has 0 saturated heterocycles. The molecule has 122 valence electrons. The zero-order chi connectivity index (χ0) is 17.2. The van der Waals surface area contributed by atoms with Gasteiger partial charge in [-0.1, -0.05) is 25.3 Å². The van der Waals surface area contributed by atoms with E-state index in [2.05, 4.69) is 13.2 Å². The van der Waals surface area contributed by atoms with Crippen LogP contribution in [0.4, 0.5) is 0 Å². The average Bonchev–Trinajstić information content (AvgIpc) is 2.56. The first kappa shape index (κ1) is 18.2. The number of carbonyl (C=O) groups is 3. The minimum Gasteiger partial charge on any atom is -0.478 e. The fourth-order valence-electron chi connectivity index (χ4n) is 1.80. The summed E-state index contributed by atoms with van der Waals surface area (Å²) in [6.45, 7) is 6.72. The molecule has 0 saturated carbocycles. The Labute approximate surface area is 134 Å². The molecule has 0 aliphatic heterocycles. The Kier molecular flexibility index (Phi) is 7.26. The van der Waals surface area contributed by atoms with Gasteiger partial charge in [0, 0.05) is 18.1 Å². The average molecular weight is 318 g/mol. The third-order valence-electron chi connectivity index (χ3n) is 2.98. The fourth-order valence-corrected chi connectivity index (χ4v) is 1.80. The summed E-state index contributed by atoms with van der Waals surface area (Å²) < 4.78 is 9.97. The van der Waals surface area contributed by atoms with Crippen LogP contribution in [-0.4, -0.2) is 36.2 Å². The highest BCUT2D eigenvalue weighted by Gasteiger charge is 2.15. The lowest BCUT2D eigenvalue weighted by molar-refractivity contribution is -0.142. The highest BCUT2D eigenvalue weighted by molar-refractivity contribution is 5.87. The van der Waals surface area contributed by atoms with Crippen molar-refractivity contribution in [1.29, 1.82) is 0 Å². The molecular weight excluding hydrogens is 300 g/mol. The van der Waals surface area contributed by atoms with Gasteiger partial charge in [0.1, 0.15) is 0 Å². The number of benzene rings is 1. The molecule has 6 heteroatoms. The Morgan fingerprint density at radius 2 is 1.48 bits per heavy atom. The Balaban J connectivity index is 2.71. The van der Waals surface area contributed by atoms with Crippen LogP contribution in [-0.2, 0) is 25.5 Å². The third kappa shape index (κ3) is 6.60. The summed E-state index contributed by atoms with van der Waals surface area (Å²) in [5.74, 6) is -2.40. The van der Waals surface area contributed by atoms with Crippen molar-refractivity contribution >= 4 is 17.9 Å².